The van der Waals surface area contributed by atoms with E-state index in [0.717, 1.165) is 18.1 Å². The second-order valence-corrected chi connectivity index (χ2v) is 4.38. The molecule has 3 atom stereocenters. The molecule has 0 bridgehead atoms. The molecule has 2 nitrogen and oxygen atoms in total. The van der Waals surface area contributed by atoms with Gasteiger partial charge in [0.25, 0.3) is 0 Å². The van der Waals surface area contributed by atoms with Crippen molar-refractivity contribution in [3.8, 4) is 0 Å². The summed E-state index contributed by atoms with van der Waals surface area (Å²) in [7, 11) is 2.29. The zero-order valence-electron chi connectivity index (χ0n) is 8.21. The van der Waals surface area contributed by atoms with E-state index >= 15 is 0 Å². The summed E-state index contributed by atoms with van der Waals surface area (Å²) in [5.74, 6) is 0. The van der Waals surface area contributed by atoms with E-state index in [1.54, 1.807) is 0 Å². The molecule has 1 aliphatic heterocycles. The lowest BCUT2D eigenvalue weighted by Gasteiger charge is -2.46. The van der Waals surface area contributed by atoms with E-state index in [9.17, 15) is 0 Å². The van der Waals surface area contributed by atoms with Crippen molar-refractivity contribution in [2.45, 2.75) is 50.7 Å². The average Bonchev–Trinajstić information content (AvgIpc) is 2.12. The molecule has 2 rings (SSSR count). The molecule has 2 aliphatic rings. The second kappa shape index (κ2) is 3.35. The fraction of sp³-hybridized carbons (Fsp3) is 1.00. The van der Waals surface area contributed by atoms with Gasteiger partial charge in [0.05, 0.1) is 0 Å². The van der Waals surface area contributed by atoms with Gasteiger partial charge in [-0.3, -0.25) is 4.90 Å². The third-order valence-corrected chi connectivity index (χ3v) is 3.62. The molecule has 1 N–H and O–H groups in total. The number of rotatable bonds is 0. The van der Waals surface area contributed by atoms with E-state index in [-0.39, 0.29) is 0 Å². The molecule has 0 spiro atoms. The van der Waals surface area contributed by atoms with Gasteiger partial charge in [-0.2, -0.15) is 0 Å². The Hall–Kier alpha value is -0.0800. The summed E-state index contributed by atoms with van der Waals surface area (Å²) in [5.41, 5.74) is 0. The largest absolute Gasteiger partial charge is 0.311 e. The van der Waals surface area contributed by atoms with Crippen LogP contribution >= 0.6 is 0 Å². The Labute approximate surface area is 75.3 Å². The van der Waals surface area contributed by atoms with Crippen molar-refractivity contribution in [1.29, 1.82) is 0 Å². The van der Waals surface area contributed by atoms with E-state index in [1.807, 2.05) is 0 Å². The van der Waals surface area contributed by atoms with Crippen molar-refractivity contribution >= 4 is 0 Å². The molecular weight excluding hydrogens is 148 g/mol. The van der Waals surface area contributed by atoms with Crippen LogP contribution in [0.1, 0.15) is 32.6 Å². The summed E-state index contributed by atoms with van der Waals surface area (Å²) in [5, 5.41) is 3.66. The number of nitrogens with one attached hydrogen (secondary N) is 1. The first-order chi connectivity index (χ1) is 5.79. The van der Waals surface area contributed by atoms with E-state index in [0.29, 0.717) is 0 Å². The summed E-state index contributed by atoms with van der Waals surface area (Å²) >= 11 is 0. The van der Waals surface area contributed by atoms with Gasteiger partial charge in [0.2, 0.25) is 0 Å². The van der Waals surface area contributed by atoms with E-state index in [1.165, 1.54) is 32.2 Å². The highest BCUT2D eigenvalue weighted by molar-refractivity contribution is 4.93. The third-order valence-electron chi connectivity index (χ3n) is 3.62. The van der Waals surface area contributed by atoms with E-state index in [2.05, 4.69) is 24.2 Å². The number of nitrogens with zero attached hydrogens (tertiary/aromatic N) is 1. The van der Waals surface area contributed by atoms with E-state index < -0.39 is 0 Å². The SMILES string of the molecule is CC1CNC2CCCCC2N1C. The predicted octanol–water partition coefficient (Wildman–Crippen LogP) is 1.22. The molecule has 1 aliphatic carbocycles. The van der Waals surface area contributed by atoms with Gasteiger partial charge in [0.1, 0.15) is 0 Å². The van der Waals surface area contributed by atoms with Gasteiger partial charge < -0.3 is 5.32 Å². The Kier molecular flexibility index (Phi) is 2.37. The van der Waals surface area contributed by atoms with Gasteiger partial charge in [0.15, 0.2) is 0 Å². The van der Waals surface area contributed by atoms with Crippen LogP contribution in [0.3, 0.4) is 0 Å². The summed E-state index contributed by atoms with van der Waals surface area (Å²) < 4.78 is 0. The minimum atomic E-state index is 0.726. The maximum Gasteiger partial charge on any atom is 0.0249 e. The topological polar surface area (TPSA) is 15.3 Å². The Morgan fingerprint density at radius 2 is 2.00 bits per heavy atom. The highest BCUT2D eigenvalue weighted by Crippen LogP contribution is 2.26. The van der Waals surface area contributed by atoms with Gasteiger partial charge in [-0.25, -0.2) is 0 Å². The number of hydrogen-bond donors (Lipinski definition) is 1. The molecule has 0 amide bonds. The number of hydrogen-bond acceptors (Lipinski definition) is 2. The lowest BCUT2D eigenvalue weighted by atomic mass is 9.87. The highest BCUT2D eigenvalue weighted by Gasteiger charge is 2.33. The molecule has 0 aromatic rings. The zero-order chi connectivity index (χ0) is 8.55. The maximum absolute atomic E-state index is 3.66. The molecular formula is C10H20N2. The number of fused-ring (bicyclic) bond motifs is 1. The summed E-state index contributed by atoms with van der Waals surface area (Å²) in [6.45, 7) is 3.50. The molecule has 1 saturated heterocycles. The summed E-state index contributed by atoms with van der Waals surface area (Å²) in [6, 6.07) is 2.34. The van der Waals surface area contributed by atoms with Gasteiger partial charge in [0, 0.05) is 24.7 Å². The van der Waals surface area contributed by atoms with Crippen molar-refractivity contribution in [2.24, 2.45) is 0 Å². The van der Waals surface area contributed by atoms with Crippen LogP contribution in [0.4, 0.5) is 0 Å². The van der Waals surface area contributed by atoms with Crippen molar-refractivity contribution < 1.29 is 0 Å². The van der Waals surface area contributed by atoms with Crippen molar-refractivity contribution in [1.82, 2.24) is 10.2 Å². The first-order valence-electron chi connectivity index (χ1n) is 5.24. The van der Waals surface area contributed by atoms with Crippen LogP contribution in [0.5, 0.6) is 0 Å². The molecule has 70 valence electrons. The lowest BCUT2D eigenvalue weighted by Crippen LogP contribution is -2.61. The minimum Gasteiger partial charge on any atom is -0.311 e. The van der Waals surface area contributed by atoms with Crippen LogP contribution < -0.4 is 5.32 Å². The molecule has 0 radical (unpaired) electrons. The fourth-order valence-electron chi connectivity index (χ4n) is 2.63. The van der Waals surface area contributed by atoms with Crippen molar-refractivity contribution in [3.05, 3.63) is 0 Å². The first-order valence-corrected chi connectivity index (χ1v) is 5.24. The van der Waals surface area contributed by atoms with Crippen LogP contribution in [0, 0.1) is 0 Å². The fourth-order valence-corrected chi connectivity index (χ4v) is 2.63. The quantitative estimate of drug-likeness (QED) is 0.585. The molecule has 2 heteroatoms. The molecule has 0 aromatic carbocycles. The number of piperazine rings is 1. The Balaban J connectivity index is 2.03. The molecule has 0 aromatic heterocycles. The van der Waals surface area contributed by atoms with Crippen LogP contribution in [-0.4, -0.2) is 36.6 Å². The Morgan fingerprint density at radius 3 is 2.83 bits per heavy atom. The van der Waals surface area contributed by atoms with Gasteiger partial charge in [-0.1, -0.05) is 12.8 Å². The highest BCUT2D eigenvalue weighted by atomic mass is 15.2. The molecule has 12 heavy (non-hydrogen) atoms. The second-order valence-electron chi connectivity index (χ2n) is 4.38. The van der Waals surface area contributed by atoms with Gasteiger partial charge >= 0.3 is 0 Å². The standard InChI is InChI=1S/C10H20N2/c1-8-7-11-9-5-3-4-6-10(9)12(8)2/h8-11H,3-7H2,1-2H3. The minimum absolute atomic E-state index is 0.726. The number of likely N-dealkylation sites (N-methyl/N-ethyl adjacent to an activating group) is 1. The Morgan fingerprint density at radius 1 is 1.25 bits per heavy atom. The lowest BCUT2D eigenvalue weighted by molar-refractivity contribution is 0.0721. The average molecular weight is 168 g/mol. The predicted molar refractivity (Wildman–Crippen MR) is 51.3 cm³/mol. The summed E-state index contributed by atoms with van der Waals surface area (Å²) in [4.78, 5) is 2.57. The maximum atomic E-state index is 3.66. The smallest absolute Gasteiger partial charge is 0.0249 e. The van der Waals surface area contributed by atoms with Crippen LogP contribution in [0.25, 0.3) is 0 Å². The zero-order valence-corrected chi connectivity index (χ0v) is 8.21. The van der Waals surface area contributed by atoms with Crippen LogP contribution in [-0.2, 0) is 0 Å². The monoisotopic (exact) mass is 168 g/mol. The molecule has 1 heterocycles. The normalized spacial score (nSPS) is 44.0. The van der Waals surface area contributed by atoms with Gasteiger partial charge in [-0.15, -0.1) is 0 Å². The summed E-state index contributed by atoms with van der Waals surface area (Å²) in [6.07, 6.45) is 5.65. The molecule has 1 saturated carbocycles. The van der Waals surface area contributed by atoms with Crippen LogP contribution in [0.15, 0.2) is 0 Å². The van der Waals surface area contributed by atoms with Gasteiger partial charge in [-0.05, 0) is 26.8 Å². The van der Waals surface area contributed by atoms with Crippen molar-refractivity contribution in [3.63, 3.8) is 0 Å². The van der Waals surface area contributed by atoms with Crippen molar-refractivity contribution in [2.75, 3.05) is 13.6 Å². The van der Waals surface area contributed by atoms with Crippen LogP contribution in [0.2, 0.25) is 0 Å². The molecule has 2 fully saturated rings. The Bertz CT molecular complexity index is 156. The first kappa shape index (κ1) is 8.52. The molecule has 3 unspecified atom stereocenters. The third kappa shape index (κ3) is 1.38. The van der Waals surface area contributed by atoms with E-state index in [4.69, 9.17) is 0 Å².